The van der Waals surface area contributed by atoms with Crippen LogP contribution in [0, 0.1) is 6.92 Å². The molecule has 0 bridgehead atoms. The zero-order chi connectivity index (χ0) is 13.2. The van der Waals surface area contributed by atoms with E-state index in [2.05, 4.69) is 0 Å². The fraction of sp³-hybridized carbons (Fsp3) is 0.417. The maximum absolute atomic E-state index is 11.0. The van der Waals surface area contributed by atoms with Crippen LogP contribution in [0.5, 0.6) is 11.5 Å². The average molecular weight is 259 g/mol. The molecule has 0 saturated carbocycles. The molecule has 1 N–H and O–H groups in total. The summed E-state index contributed by atoms with van der Waals surface area (Å²) in [5, 5.41) is 9.41. The Kier molecular flexibility index (Phi) is 4.23. The van der Waals surface area contributed by atoms with E-state index in [0.717, 1.165) is 0 Å². The zero-order valence-electron chi connectivity index (χ0n) is 10.2. The molecule has 17 heavy (non-hydrogen) atoms. The Morgan fingerprint density at radius 1 is 1.41 bits per heavy atom. The predicted molar refractivity (Wildman–Crippen MR) is 65.3 cm³/mol. The molecule has 5 heteroatoms. The molecule has 0 fully saturated rings. The van der Waals surface area contributed by atoms with Gasteiger partial charge in [0, 0.05) is 16.7 Å². The smallest absolute Gasteiger partial charge is 0.310 e. The van der Waals surface area contributed by atoms with Crippen LogP contribution in [0.15, 0.2) is 6.07 Å². The molecular formula is C12H15ClO4. The molecule has 0 aliphatic heterocycles. The Labute approximate surface area is 105 Å². The lowest BCUT2D eigenvalue weighted by molar-refractivity contribution is -0.138. The third-order valence-corrected chi connectivity index (χ3v) is 3.02. The lowest BCUT2D eigenvalue weighted by atomic mass is 9.95. The molecule has 4 nitrogen and oxygen atoms in total. The van der Waals surface area contributed by atoms with Crippen LogP contribution in [-0.2, 0) is 4.79 Å². The van der Waals surface area contributed by atoms with Gasteiger partial charge in [-0.25, -0.2) is 0 Å². The average Bonchev–Trinajstić information content (AvgIpc) is 2.27. The Bertz CT molecular complexity index is 443. The van der Waals surface area contributed by atoms with E-state index in [-0.39, 0.29) is 0 Å². The minimum Gasteiger partial charge on any atom is -0.493 e. The summed E-state index contributed by atoms with van der Waals surface area (Å²) in [6.07, 6.45) is 0. The number of halogens is 1. The Morgan fingerprint density at radius 3 is 2.41 bits per heavy atom. The standard InChI is InChI=1S/C12H15ClO4/c1-6-10(7(2)12(14)15)8(13)5-9(16-3)11(6)17-4/h5,7H,1-4H3,(H,14,15). The number of hydrogen-bond acceptors (Lipinski definition) is 3. The maximum atomic E-state index is 11.0. The predicted octanol–water partition coefficient (Wildman–Crippen LogP) is 2.85. The third-order valence-electron chi connectivity index (χ3n) is 2.71. The monoisotopic (exact) mass is 258 g/mol. The Morgan fingerprint density at radius 2 is 2.00 bits per heavy atom. The van der Waals surface area contributed by atoms with Gasteiger partial charge in [0.25, 0.3) is 0 Å². The summed E-state index contributed by atoms with van der Waals surface area (Å²) in [4.78, 5) is 11.0. The van der Waals surface area contributed by atoms with Crippen molar-refractivity contribution in [2.75, 3.05) is 14.2 Å². The van der Waals surface area contributed by atoms with Crippen LogP contribution >= 0.6 is 11.6 Å². The van der Waals surface area contributed by atoms with Gasteiger partial charge in [-0.1, -0.05) is 11.6 Å². The van der Waals surface area contributed by atoms with Crippen LogP contribution in [0.4, 0.5) is 0 Å². The second-order valence-corrected chi connectivity index (χ2v) is 4.10. The van der Waals surface area contributed by atoms with Crippen molar-refractivity contribution in [2.24, 2.45) is 0 Å². The van der Waals surface area contributed by atoms with E-state index >= 15 is 0 Å². The zero-order valence-corrected chi connectivity index (χ0v) is 11.0. The van der Waals surface area contributed by atoms with Gasteiger partial charge in [-0.05, 0) is 19.4 Å². The number of aliphatic carboxylic acids is 1. The number of benzene rings is 1. The van der Waals surface area contributed by atoms with Gasteiger partial charge in [0.05, 0.1) is 20.1 Å². The van der Waals surface area contributed by atoms with Crippen LogP contribution in [0.1, 0.15) is 24.0 Å². The molecule has 0 saturated heterocycles. The van der Waals surface area contributed by atoms with Crippen molar-refractivity contribution in [3.05, 3.63) is 22.2 Å². The fourth-order valence-electron chi connectivity index (χ4n) is 1.81. The number of carbonyl (C=O) groups is 1. The number of hydrogen-bond donors (Lipinski definition) is 1. The highest BCUT2D eigenvalue weighted by Gasteiger charge is 2.23. The van der Waals surface area contributed by atoms with Crippen LogP contribution in [0.2, 0.25) is 5.02 Å². The van der Waals surface area contributed by atoms with E-state index in [0.29, 0.717) is 27.6 Å². The number of ether oxygens (including phenoxy) is 2. The van der Waals surface area contributed by atoms with Crippen LogP contribution in [0.25, 0.3) is 0 Å². The molecule has 0 spiro atoms. The minimum absolute atomic E-state index is 0.370. The lowest BCUT2D eigenvalue weighted by Crippen LogP contribution is -2.10. The van der Waals surface area contributed by atoms with Crippen molar-refractivity contribution >= 4 is 17.6 Å². The molecule has 0 heterocycles. The van der Waals surface area contributed by atoms with Gasteiger partial charge in [-0.2, -0.15) is 0 Å². The number of carboxylic acids is 1. The van der Waals surface area contributed by atoms with Gasteiger partial charge in [0.15, 0.2) is 11.5 Å². The highest BCUT2D eigenvalue weighted by atomic mass is 35.5. The van der Waals surface area contributed by atoms with E-state index in [1.54, 1.807) is 19.9 Å². The van der Waals surface area contributed by atoms with Crippen molar-refractivity contribution in [3.63, 3.8) is 0 Å². The molecule has 94 valence electrons. The highest BCUT2D eigenvalue weighted by molar-refractivity contribution is 6.32. The molecule has 0 aliphatic carbocycles. The second-order valence-electron chi connectivity index (χ2n) is 3.69. The van der Waals surface area contributed by atoms with Crippen molar-refractivity contribution in [3.8, 4) is 11.5 Å². The van der Waals surface area contributed by atoms with Gasteiger partial charge in [-0.3, -0.25) is 4.79 Å². The largest absolute Gasteiger partial charge is 0.493 e. The summed E-state index contributed by atoms with van der Waals surface area (Å²) in [6, 6.07) is 1.57. The van der Waals surface area contributed by atoms with Crippen LogP contribution < -0.4 is 9.47 Å². The SMILES string of the molecule is COc1cc(Cl)c(C(C)C(=O)O)c(C)c1OC. The first-order valence-electron chi connectivity index (χ1n) is 5.07. The number of carboxylic acid groups (broad SMARTS) is 1. The minimum atomic E-state index is -0.929. The van der Waals surface area contributed by atoms with Gasteiger partial charge < -0.3 is 14.6 Å². The van der Waals surface area contributed by atoms with Gasteiger partial charge in [-0.15, -0.1) is 0 Å². The quantitative estimate of drug-likeness (QED) is 0.902. The van der Waals surface area contributed by atoms with Crippen molar-refractivity contribution in [1.82, 2.24) is 0 Å². The Balaban J connectivity index is 3.47. The number of methoxy groups -OCH3 is 2. The molecule has 0 aliphatic rings. The fourth-order valence-corrected chi connectivity index (χ4v) is 2.21. The summed E-state index contributed by atoms with van der Waals surface area (Å²) in [6.45, 7) is 3.35. The van der Waals surface area contributed by atoms with E-state index in [4.69, 9.17) is 26.2 Å². The van der Waals surface area contributed by atoms with Crippen molar-refractivity contribution < 1.29 is 19.4 Å². The first kappa shape index (κ1) is 13.6. The summed E-state index contributed by atoms with van der Waals surface area (Å²) in [5.41, 5.74) is 1.24. The van der Waals surface area contributed by atoms with Crippen molar-refractivity contribution in [2.45, 2.75) is 19.8 Å². The van der Waals surface area contributed by atoms with Crippen LogP contribution in [-0.4, -0.2) is 25.3 Å². The van der Waals surface area contributed by atoms with E-state index in [1.807, 2.05) is 0 Å². The third kappa shape index (κ3) is 2.47. The first-order chi connectivity index (χ1) is 7.93. The van der Waals surface area contributed by atoms with E-state index in [9.17, 15) is 4.79 Å². The first-order valence-corrected chi connectivity index (χ1v) is 5.45. The number of rotatable bonds is 4. The molecule has 1 rings (SSSR count). The topological polar surface area (TPSA) is 55.8 Å². The highest BCUT2D eigenvalue weighted by Crippen LogP contribution is 2.40. The van der Waals surface area contributed by atoms with Gasteiger partial charge in [0.1, 0.15) is 0 Å². The van der Waals surface area contributed by atoms with E-state index < -0.39 is 11.9 Å². The molecule has 0 aromatic heterocycles. The molecule has 1 atom stereocenters. The summed E-state index contributed by atoms with van der Waals surface area (Å²) >= 11 is 6.08. The molecule has 1 aromatic rings. The molecular weight excluding hydrogens is 244 g/mol. The summed E-state index contributed by atoms with van der Waals surface area (Å²) < 4.78 is 10.4. The molecule has 0 amide bonds. The van der Waals surface area contributed by atoms with Crippen LogP contribution in [0.3, 0.4) is 0 Å². The molecule has 0 radical (unpaired) electrons. The molecule has 1 unspecified atom stereocenters. The van der Waals surface area contributed by atoms with Crippen molar-refractivity contribution in [1.29, 1.82) is 0 Å². The Hall–Kier alpha value is -1.42. The normalized spacial score (nSPS) is 12.1. The summed E-state index contributed by atoms with van der Waals surface area (Å²) in [5.74, 6) is -0.610. The summed E-state index contributed by atoms with van der Waals surface area (Å²) in [7, 11) is 3.02. The maximum Gasteiger partial charge on any atom is 0.310 e. The van der Waals surface area contributed by atoms with Gasteiger partial charge >= 0.3 is 5.97 Å². The molecule has 1 aromatic carbocycles. The second kappa shape index (κ2) is 5.27. The van der Waals surface area contributed by atoms with E-state index in [1.165, 1.54) is 14.2 Å². The van der Waals surface area contributed by atoms with Gasteiger partial charge in [0.2, 0.25) is 0 Å². The lowest BCUT2D eigenvalue weighted by Gasteiger charge is -2.18.